The van der Waals surface area contributed by atoms with E-state index in [1.165, 1.54) is 16.9 Å². The SMILES string of the molecule is CCOC(=O)c1c(NC(=O)c2ccc(N3C(=O)CCC3=O)cc2)sc2c1CCN(Cc1ccccc1)C2. The molecule has 190 valence electrons. The average Bonchev–Trinajstić information content (AvgIpc) is 3.43. The van der Waals surface area contributed by atoms with Crippen LogP contribution in [0.3, 0.4) is 0 Å². The first-order chi connectivity index (χ1) is 17.9. The van der Waals surface area contributed by atoms with E-state index in [0.717, 1.165) is 28.4 Å². The molecule has 3 heterocycles. The quantitative estimate of drug-likeness (QED) is 0.369. The minimum absolute atomic E-state index is 0.198. The van der Waals surface area contributed by atoms with Crippen molar-refractivity contribution in [2.45, 2.75) is 39.3 Å². The van der Waals surface area contributed by atoms with Crippen LogP contribution in [0.2, 0.25) is 0 Å². The van der Waals surface area contributed by atoms with Gasteiger partial charge in [0.1, 0.15) is 5.00 Å². The van der Waals surface area contributed by atoms with Gasteiger partial charge >= 0.3 is 5.97 Å². The summed E-state index contributed by atoms with van der Waals surface area (Å²) in [6.45, 7) is 4.29. The van der Waals surface area contributed by atoms with Gasteiger partial charge in [-0.15, -0.1) is 11.3 Å². The maximum atomic E-state index is 13.1. The van der Waals surface area contributed by atoms with Crippen LogP contribution in [0.25, 0.3) is 0 Å². The molecule has 3 amide bonds. The van der Waals surface area contributed by atoms with Crippen molar-refractivity contribution >= 4 is 45.7 Å². The lowest BCUT2D eigenvalue weighted by Gasteiger charge is -2.27. The van der Waals surface area contributed by atoms with Crippen LogP contribution < -0.4 is 10.2 Å². The molecule has 2 aliphatic heterocycles. The van der Waals surface area contributed by atoms with E-state index in [0.29, 0.717) is 34.8 Å². The second-order valence-corrected chi connectivity index (χ2v) is 10.1. The van der Waals surface area contributed by atoms with Gasteiger partial charge in [0.15, 0.2) is 0 Å². The van der Waals surface area contributed by atoms with Crippen molar-refractivity contribution in [3.63, 3.8) is 0 Å². The number of anilines is 2. The molecule has 37 heavy (non-hydrogen) atoms. The standard InChI is InChI=1S/C28H27N3O5S/c1-2-36-28(35)25-21-14-15-30(16-18-6-4-3-5-7-18)17-22(21)37-27(25)29-26(34)19-8-10-20(11-9-19)31-23(32)12-13-24(31)33/h3-11H,2,12-17H2,1H3,(H,29,34). The monoisotopic (exact) mass is 517 g/mol. The van der Waals surface area contributed by atoms with E-state index in [4.69, 9.17) is 4.74 Å². The van der Waals surface area contributed by atoms with Crippen LogP contribution in [0.15, 0.2) is 54.6 Å². The van der Waals surface area contributed by atoms with Crippen molar-refractivity contribution in [1.29, 1.82) is 0 Å². The molecule has 5 rings (SSSR count). The molecule has 0 atom stereocenters. The maximum Gasteiger partial charge on any atom is 0.341 e. The topological polar surface area (TPSA) is 96.0 Å². The molecule has 8 nitrogen and oxygen atoms in total. The zero-order chi connectivity index (χ0) is 25.9. The molecular formula is C28H27N3O5S. The number of imide groups is 1. The molecule has 0 aliphatic carbocycles. The van der Waals surface area contributed by atoms with E-state index in [2.05, 4.69) is 22.3 Å². The van der Waals surface area contributed by atoms with Crippen molar-refractivity contribution in [1.82, 2.24) is 4.90 Å². The predicted octanol–water partition coefficient (Wildman–Crippen LogP) is 4.39. The highest BCUT2D eigenvalue weighted by molar-refractivity contribution is 7.17. The summed E-state index contributed by atoms with van der Waals surface area (Å²) in [5.41, 5.74) is 3.39. The number of amides is 3. The lowest BCUT2D eigenvalue weighted by molar-refractivity contribution is -0.121. The summed E-state index contributed by atoms with van der Waals surface area (Å²) in [5, 5.41) is 3.38. The van der Waals surface area contributed by atoms with Gasteiger partial charge in [-0.2, -0.15) is 0 Å². The molecule has 0 unspecified atom stereocenters. The Labute approximate surface area is 218 Å². The molecule has 0 bridgehead atoms. The third-order valence-corrected chi connectivity index (χ3v) is 7.66. The van der Waals surface area contributed by atoms with Crippen molar-refractivity contribution in [2.75, 3.05) is 23.4 Å². The Kier molecular flexibility index (Phi) is 7.16. The molecule has 1 saturated heterocycles. The first-order valence-corrected chi connectivity index (χ1v) is 13.1. The smallest absolute Gasteiger partial charge is 0.341 e. The summed E-state index contributed by atoms with van der Waals surface area (Å²) in [6, 6.07) is 16.6. The molecule has 1 N–H and O–H groups in total. The van der Waals surface area contributed by atoms with Crippen LogP contribution in [0.5, 0.6) is 0 Å². The molecule has 1 fully saturated rings. The summed E-state index contributed by atoms with van der Waals surface area (Å²) in [4.78, 5) is 54.5. The third-order valence-electron chi connectivity index (χ3n) is 6.53. The van der Waals surface area contributed by atoms with E-state index in [-0.39, 0.29) is 37.2 Å². The van der Waals surface area contributed by atoms with E-state index < -0.39 is 5.97 Å². The summed E-state index contributed by atoms with van der Waals surface area (Å²) >= 11 is 1.41. The number of ether oxygens (including phenoxy) is 1. The highest BCUT2D eigenvalue weighted by atomic mass is 32.1. The fourth-order valence-electron chi connectivity index (χ4n) is 4.74. The summed E-state index contributed by atoms with van der Waals surface area (Å²) in [5.74, 6) is -1.30. The fraction of sp³-hybridized carbons (Fsp3) is 0.286. The molecule has 3 aromatic rings. The van der Waals surface area contributed by atoms with Gasteiger partial charge in [0, 0.05) is 42.9 Å². The van der Waals surface area contributed by atoms with Crippen LogP contribution in [0.1, 0.15) is 56.5 Å². The van der Waals surface area contributed by atoms with Gasteiger partial charge < -0.3 is 10.1 Å². The Morgan fingerprint density at radius 3 is 2.35 bits per heavy atom. The number of nitrogens with one attached hydrogen (secondary N) is 1. The van der Waals surface area contributed by atoms with E-state index in [1.807, 2.05) is 18.2 Å². The van der Waals surface area contributed by atoms with Crippen molar-refractivity contribution in [3.05, 3.63) is 81.7 Å². The van der Waals surface area contributed by atoms with Crippen LogP contribution in [0.4, 0.5) is 10.7 Å². The lowest BCUT2D eigenvalue weighted by atomic mass is 10.0. The Balaban J connectivity index is 1.36. The molecule has 9 heteroatoms. The third kappa shape index (κ3) is 5.19. The summed E-state index contributed by atoms with van der Waals surface area (Å²) in [6.07, 6.45) is 1.09. The number of carbonyl (C=O) groups is 4. The number of carbonyl (C=O) groups excluding carboxylic acids is 4. The molecule has 1 aromatic heterocycles. The van der Waals surface area contributed by atoms with Crippen LogP contribution in [-0.4, -0.2) is 41.7 Å². The van der Waals surface area contributed by atoms with Gasteiger partial charge in [0.05, 0.1) is 17.9 Å². The minimum atomic E-state index is -0.437. The number of thiophene rings is 1. The average molecular weight is 518 g/mol. The Bertz CT molecular complexity index is 1330. The normalized spacial score (nSPS) is 15.5. The van der Waals surface area contributed by atoms with Gasteiger partial charge in [-0.3, -0.25) is 24.2 Å². The van der Waals surface area contributed by atoms with Gasteiger partial charge in [0.2, 0.25) is 11.8 Å². The molecule has 2 aliphatic rings. The Morgan fingerprint density at radius 1 is 0.973 bits per heavy atom. The highest BCUT2D eigenvalue weighted by Gasteiger charge is 2.31. The first-order valence-electron chi connectivity index (χ1n) is 12.3. The van der Waals surface area contributed by atoms with Crippen molar-refractivity contribution in [2.24, 2.45) is 0 Å². The minimum Gasteiger partial charge on any atom is -0.462 e. The largest absolute Gasteiger partial charge is 0.462 e. The zero-order valence-electron chi connectivity index (χ0n) is 20.5. The number of hydrogen-bond donors (Lipinski definition) is 1. The summed E-state index contributed by atoms with van der Waals surface area (Å²) in [7, 11) is 0. The second-order valence-electron chi connectivity index (χ2n) is 9.00. The molecule has 0 spiro atoms. The second kappa shape index (κ2) is 10.7. The van der Waals surface area contributed by atoms with Gasteiger partial charge in [-0.1, -0.05) is 30.3 Å². The molecular weight excluding hydrogens is 490 g/mol. The van der Waals surface area contributed by atoms with Gasteiger partial charge in [-0.25, -0.2) is 4.79 Å². The van der Waals surface area contributed by atoms with Crippen LogP contribution >= 0.6 is 11.3 Å². The number of esters is 1. The van der Waals surface area contributed by atoms with Crippen LogP contribution in [-0.2, 0) is 33.8 Å². The predicted molar refractivity (Wildman–Crippen MR) is 141 cm³/mol. The zero-order valence-corrected chi connectivity index (χ0v) is 21.3. The maximum absolute atomic E-state index is 13.1. The Hall–Kier alpha value is -3.82. The molecule has 0 radical (unpaired) electrons. The number of hydrogen-bond acceptors (Lipinski definition) is 7. The van der Waals surface area contributed by atoms with E-state index in [9.17, 15) is 19.2 Å². The van der Waals surface area contributed by atoms with Crippen molar-refractivity contribution in [3.8, 4) is 0 Å². The van der Waals surface area contributed by atoms with E-state index >= 15 is 0 Å². The number of rotatable bonds is 7. The number of nitrogens with zero attached hydrogens (tertiary/aromatic N) is 2. The fourth-order valence-corrected chi connectivity index (χ4v) is 6.02. The number of benzene rings is 2. The van der Waals surface area contributed by atoms with Crippen molar-refractivity contribution < 1.29 is 23.9 Å². The highest BCUT2D eigenvalue weighted by Crippen LogP contribution is 2.38. The summed E-state index contributed by atoms with van der Waals surface area (Å²) < 4.78 is 5.33. The lowest BCUT2D eigenvalue weighted by Crippen LogP contribution is -2.30. The van der Waals surface area contributed by atoms with Gasteiger partial charge in [-0.05, 0) is 48.7 Å². The Morgan fingerprint density at radius 2 is 1.68 bits per heavy atom. The van der Waals surface area contributed by atoms with Gasteiger partial charge in [0.25, 0.3) is 5.91 Å². The van der Waals surface area contributed by atoms with Crippen LogP contribution in [0, 0.1) is 0 Å². The number of fused-ring (bicyclic) bond motifs is 1. The van der Waals surface area contributed by atoms with E-state index in [1.54, 1.807) is 31.2 Å². The molecule has 0 saturated carbocycles. The first kappa shape index (κ1) is 24.9. The molecule has 2 aromatic carbocycles.